The largest absolute Gasteiger partial charge is 0.493 e. The number of methoxy groups -OCH3 is 1. The first-order valence-electron chi connectivity index (χ1n) is 9.14. The van der Waals surface area contributed by atoms with Crippen LogP contribution in [0, 0.1) is 13.8 Å². The Hall–Kier alpha value is -2.49. The SMILES string of the molecule is CCCCCCOc1c(OC)cc(C=O)cc1Oc1cccc(C)c1C. The van der Waals surface area contributed by atoms with Gasteiger partial charge < -0.3 is 14.2 Å². The molecule has 2 aromatic carbocycles. The summed E-state index contributed by atoms with van der Waals surface area (Å²) < 4.78 is 17.5. The lowest BCUT2D eigenvalue weighted by atomic mass is 10.1. The van der Waals surface area contributed by atoms with Crippen LogP contribution in [0.2, 0.25) is 0 Å². The molecule has 0 spiro atoms. The minimum absolute atomic E-state index is 0.487. The van der Waals surface area contributed by atoms with E-state index in [-0.39, 0.29) is 0 Å². The lowest BCUT2D eigenvalue weighted by molar-refractivity contribution is 0.112. The quantitative estimate of drug-likeness (QED) is 0.394. The predicted molar refractivity (Wildman–Crippen MR) is 104 cm³/mol. The minimum Gasteiger partial charge on any atom is -0.493 e. The maximum Gasteiger partial charge on any atom is 0.204 e. The lowest BCUT2D eigenvalue weighted by Crippen LogP contribution is -2.03. The van der Waals surface area contributed by atoms with Crippen LogP contribution in [0.3, 0.4) is 0 Å². The number of carbonyl (C=O) groups excluding carboxylic acids is 1. The van der Waals surface area contributed by atoms with E-state index in [1.807, 2.05) is 32.0 Å². The number of aldehydes is 1. The van der Waals surface area contributed by atoms with Gasteiger partial charge in [0.1, 0.15) is 12.0 Å². The van der Waals surface area contributed by atoms with Gasteiger partial charge in [-0.25, -0.2) is 0 Å². The molecule has 0 aliphatic carbocycles. The van der Waals surface area contributed by atoms with E-state index in [9.17, 15) is 4.79 Å². The molecule has 0 amide bonds. The van der Waals surface area contributed by atoms with Crippen LogP contribution in [0.15, 0.2) is 30.3 Å². The molecule has 4 heteroatoms. The topological polar surface area (TPSA) is 44.8 Å². The van der Waals surface area contributed by atoms with Crippen LogP contribution in [0.1, 0.15) is 54.1 Å². The second kappa shape index (κ2) is 9.85. The summed E-state index contributed by atoms with van der Waals surface area (Å²) in [5.74, 6) is 2.28. The van der Waals surface area contributed by atoms with E-state index < -0.39 is 0 Å². The molecule has 0 aliphatic heterocycles. The number of unbranched alkanes of at least 4 members (excludes halogenated alkanes) is 3. The number of hydrogen-bond donors (Lipinski definition) is 0. The summed E-state index contributed by atoms with van der Waals surface area (Å²) in [6.45, 7) is 6.81. The van der Waals surface area contributed by atoms with Crippen molar-refractivity contribution in [2.24, 2.45) is 0 Å². The lowest BCUT2D eigenvalue weighted by Gasteiger charge is -2.17. The first kappa shape index (κ1) is 19.8. The third kappa shape index (κ3) is 5.01. The third-order valence-electron chi connectivity index (χ3n) is 4.42. The average molecular weight is 356 g/mol. The predicted octanol–water partition coefficient (Wildman–Crippen LogP) is 5.88. The molecule has 140 valence electrons. The van der Waals surface area contributed by atoms with E-state index in [0.717, 1.165) is 36.0 Å². The number of hydrogen-bond acceptors (Lipinski definition) is 4. The molecule has 26 heavy (non-hydrogen) atoms. The van der Waals surface area contributed by atoms with Crippen LogP contribution < -0.4 is 14.2 Å². The van der Waals surface area contributed by atoms with Gasteiger partial charge in [0.15, 0.2) is 11.5 Å². The van der Waals surface area contributed by atoms with Crippen molar-refractivity contribution in [3.8, 4) is 23.0 Å². The van der Waals surface area contributed by atoms with Gasteiger partial charge in [-0.2, -0.15) is 0 Å². The summed E-state index contributed by atoms with van der Waals surface area (Å²) in [4.78, 5) is 11.3. The highest BCUT2D eigenvalue weighted by molar-refractivity contribution is 5.78. The molecule has 2 aromatic rings. The van der Waals surface area contributed by atoms with Crippen LogP contribution in [0.25, 0.3) is 0 Å². The summed E-state index contributed by atoms with van der Waals surface area (Å²) in [7, 11) is 1.57. The zero-order chi connectivity index (χ0) is 18.9. The van der Waals surface area contributed by atoms with E-state index >= 15 is 0 Å². The van der Waals surface area contributed by atoms with E-state index in [1.54, 1.807) is 19.2 Å². The van der Waals surface area contributed by atoms with Gasteiger partial charge in [-0.05, 0) is 49.6 Å². The molecule has 0 N–H and O–H groups in total. The molecular weight excluding hydrogens is 328 g/mol. The van der Waals surface area contributed by atoms with Gasteiger partial charge in [0, 0.05) is 5.56 Å². The van der Waals surface area contributed by atoms with Crippen LogP contribution in [-0.4, -0.2) is 20.0 Å². The monoisotopic (exact) mass is 356 g/mol. The second-order valence-corrected chi connectivity index (χ2v) is 6.38. The first-order valence-corrected chi connectivity index (χ1v) is 9.14. The summed E-state index contributed by atoms with van der Waals surface area (Å²) in [5.41, 5.74) is 2.68. The van der Waals surface area contributed by atoms with Crippen molar-refractivity contribution >= 4 is 6.29 Å². The molecule has 0 aliphatic rings. The van der Waals surface area contributed by atoms with E-state index in [1.165, 1.54) is 12.8 Å². The van der Waals surface area contributed by atoms with Crippen LogP contribution in [0.5, 0.6) is 23.0 Å². The normalized spacial score (nSPS) is 10.5. The number of carbonyl (C=O) groups is 1. The Morgan fingerprint density at radius 2 is 1.77 bits per heavy atom. The minimum atomic E-state index is 0.487. The zero-order valence-corrected chi connectivity index (χ0v) is 16.1. The molecule has 4 nitrogen and oxygen atoms in total. The van der Waals surface area contributed by atoms with Gasteiger partial charge in [-0.3, -0.25) is 4.79 Å². The van der Waals surface area contributed by atoms with Gasteiger partial charge in [0.05, 0.1) is 13.7 Å². The fraction of sp³-hybridized carbons (Fsp3) is 0.409. The van der Waals surface area contributed by atoms with Crippen LogP contribution in [0.4, 0.5) is 0 Å². The van der Waals surface area contributed by atoms with Crippen molar-refractivity contribution in [2.45, 2.75) is 46.5 Å². The molecule has 0 fully saturated rings. The Bertz CT molecular complexity index is 737. The molecule has 0 aromatic heterocycles. The van der Waals surface area contributed by atoms with Crippen molar-refractivity contribution < 1.29 is 19.0 Å². The fourth-order valence-corrected chi connectivity index (χ4v) is 2.69. The Morgan fingerprint density at radius 3 is 2.46 bits per heavy atom. The van der Waals surface area contributed by atoms with E-state index in [2.05, 4.69) is 6.92 Å². The van der Waals surface area contributed by atoms with E-state index in [4.69, 9.17) is 14.2 Å². The molecule has 0 unspecified atom stereocenters. The second-order valence-electron chi connectivity index (χ2n) is 6.38. The van der Waals surface area contributed by atoms with E-state index in [0.29, 0.717) is 29.4 Å². The van der Waals surface area contributed by atoms with Crippen LogP contribution >= 0.6 is 0 Å². The highest BCUT2D eigenvalue weighted by Gasteiger charge is 2.16. The number of ether oxygens (including phenoxy) is 3. The summed E-state index contributed by atoms with van der Waals surface area (Å²) in [6, 6.07) is 9.26. The number of aryl methyl sites for hydroxylation is 1. The van der Waals surface area contributed by atoms with Crippen LogP contribution in [-0.2, 0) is 0 Å². The number of benzene rings is 2. The van der Waals surface area contributed by atoms with Crippen molar-refractivity contribution in [1.82, 2.24) is 0 Å². The highest BCUT2D eigenvalue weighted by atomic mass is 16.5. The first-order chi connectivity index (χ1) is 12.6. The molecule has 2 rings (SSSR count). The molecule has 0 saturated carbocycles. The number of rotatable bonds is 10. The zero-order valence-electron chi connectivity index (χ0n) is 16.1. The summed E-state index contributed by atoms with van der Waals surface area (Å²) >= 11 is 0. The van der Waals surface area contributed by atoms with Gasteiger partial charge in [0.25, 0.3) is 0 Å². The summed E-state index contributed by atoms with van der Waals surface area (Å²) in [5, 5.41) is 0. The third-order valence-corrected chi connectivity index (χ3v) is 4.42. The Balaban J connectivity index is 2.31. The molecule has 0 saturated heterocycles. The standard InChI is InChI=1S/C22H28O4/c1-5-6-7-8-12-25-22-20(24-4)13-18(15-23)14-21(22)26-19-11-9-10-16(2)17(19)3/h9-11,13-15H,5-8,12H2,1-4H3. The molecule has 0 bridgehead atoms. The molecule has 0 heterocycles. The van der Waals surface area contributed by atoms with Gasteiger partial charge in [-0.1, -0.05) is 38.3 Å². The van der Waals surface area contributed by atoms with Crippen molar-refractivity contribution in [1.29, 1.82) is 0 Å². The van der Waals surface area contributed by atoms with Crippen molar-refractivity contribution in [3.63, 3.8) is 0 Å². The molecular formula is C22H28O4. The Kier molecular flexibility index (Phi) is 7.52. The Morgan fingerprint density at radius 1 is 1.00 bits per heavy atom. The molecule has 0 radical (unpaired) electrons. The van der Waals surface area contributed by atoms with Gasteiger partial charge in [0.2, 0.25) is 5.75 Å². The Labute approximate surface area is 156 Å². The summed E-state index contributed by atoms with van der Waals surface area (Å²) in [6.07, 6.45) is 5.24. The maximum atomic E-state index is 11.3. The van der Waals surface area contributed by atoms with Crippen molar-refractivity contribution in [3.05, 3.63) is 47.0 Å². The van der Waals surface area contributed by atoms with Gasteiger partial charge in [-0.15, -0.1) is 0 Å². The van der Waals surface area contributed by atoms with Gasteiger partial charge >= 0.3 is 0 Å². The van der Waals surface area contributed by atoms with Crippen molar-refractivity contribution in [2.75, 3.05) is 13.7 Å². The molecule has 0 atom stereocenters. The average Bonchev–Trinajstić information content (AvgIpc) is 2.65. The smallest absolute Gasteiger partial charge is 0.204 e. The maximum absolute atomic E-state index is 11.3. The highest BCUT2D eigenvalue weighted by Crippen LogP contribution is 2.41. The fourth-order valence-electron chi connectivity index (χ4n) is 2.69.